The number of aromatic nitrogens is 2. The number of aliphatic hydroxyl groups excluding tert-OH is 1. The highest BCUT2D eigenvalue weighted by Crippen LogP contribution is 2.30. The molecule has 0 radical (unpaired) electrons. The van der Waals surface area contributed by atoms with E-state index >= 15 is 0 Å². The molecule has 11 heteroatoms. The summed E-state index contributed by atoms with van der Waals surface area (Å²) in [6.45, 7) is 0.233. The van der Waals surface area contributed by atoms with Crippen molar-refractivity contribution in [1.82, 2.24) is 9.97 Å². The van der Waals surface area contributed by atoms with Gasteiger partial charge in [0.25, 0.3) is 0 Å². The van der Waals surface area contributed by atoms with E-state index in [2.05, 4.69) is 25.9 Å². The summed E-state index contributed by atoms with van der Waals surface area (Å²) in [5, 5.41) is 16.5. The molecule has 8 nitrogen and oxygen atoms in total. The number of hydrogen-bond acceptors (Lipinski definition) is 6. The minimum atomic E-state index is -4.50. The van der Waals surface area contributed by atoms with Gasteiger partial charge in [-0.25, -0.2) is 9.78 Å². The normalized spacial score (nSPS) is 11.0. The molecule has 0 saturated heterocycles. The molecule has 0 fully saturated rings. The van der Waals surface area contributed by atoms with Gasteiger partial charge in [0.15, 0.2) is 0 Å². The predicted molar refractivity (Wildman–Crippen MR) is 108 cm³/mol. The quantitative estimate of drug-likeness (QED) is 0.442. The summed E-state index contributed by atoms with van der Waals surface area (Å²) in [5.41, 5.74) is -0.433. The third kappa shape index (κ3) is 6.57. The van der Waals surface area contributed by atoms with Gasteiger partial charge in [-0.1, -0.05) is 6.07 Å². The van der Waals surface area contributed by atoms with Crippen LogP contribution in [0.3, 0.4) is 0 Å². The Hall–Kier alpha value is -3.86. The smallest absolute Gasteiger partial charge is 0.416 e. The van der Waals surface area contributed by atoms with Crippen LogP contribution in [0.5, 0.6) is 11.6 Å². The van der Waals surface area contributed by atoms with Gasteiger partial charge in [-0.3, -0.25) is 0 Å². The number of carbonyl (C=O) groups excluding carboxylic acids is 1. The van der Waals surface area contributed by atoms with Crippen LogP contribution in [-0.4, -0.2) is 34.3 Å². The number of ether oxygens (including phenoxy) is 1. The zero-order valence-corrected chi connectivity index (χ0v) is 16.0. The van der Waals surface area contributed by atoms with Gasteiger partial charge >= 0.3 is 12.2 Å². The first-order valence-electron chi connectivity index (χ1n) is 9.04. The van der Waals surface area contributed by atoms with Crippen molar-refractivity contribution in [3.8, 4) is 11.6 Å². The van der Waals surface area contributed by atoms with E-state index in [1.54, 1.807) is 30.3 Å². The number of amides is 2. The van der Waals surface area contributed by atoms with Crippen LogP contribution in [0.4, 0.5) is 35.3 Å². The molecule has 31 heavy (non-hydrogen) atoms. The van der Waals surface area contributed by atoms with Crippen LogP contribution in [0.2, 0.25) is 0 Å². The number of urea groups is 1. The van der Waals surface area contributed by atoms with Crippen molar-refractivity contribution in [3.63, 3.8) is 0 Å². The van der Waals surface area contributed by atoms with E-state index in [1.165, 1.54) is 18.3 Å². The molecule has 3 aromatic rings. The van der Waals surface area contributed by atoms with Crippen molar-refractivity contribution >= 4 is 23.4 Å². The molecule has 0 bridgehead atoms. The van der Waals surface area contributed by atoms with Crippen LogP contribution < -0.4 is 20.7 Å². The van der Waals surface area contributed by atoms with Crippen LogP contribution in [0, 0.1) is 0 Å². The van der Waals surface area contributed by atoms with E-state index in [1.807, 2.05) is 0 Å². The number of hydrogen-bond donors (Lipinski definition) is 4. The average Bonchev–Trinajstić information content (AvgIpc) is 2.73. The Morgan fingerprint density at radius 3 is 2.48 bits per heavy atom. The van der Waals surface area contributed by atoms with E-state index in [4.69, 9.17) is 9.84 Å². The van der Waals surface area contributed by atoms with Crippen LogP contribution in [0.1, 0.15) is 5.56 Å². The van der Waals surface area contributed by atoms with Crippen LogP contribution >= 0.6 is 0 Å². The van der Waals surface area contributed by atoms with Crippen molar-refractivity contribution in [2.24, 2.45) is 0 Å². The minimum absolute atomic E-state index is 0.0154. The second kappa shape index (κ2) is 9.76. The van der Waals surface area contributed by atoms with Crippen molar-refractivity contribution < 1.29 is 27.8 Å². The van der Waals surface area contributed by atoms with Gasteiger partial charge in [0.1, 0.15) is 5.75 Å². The Morgan fingerprint density at radius 1 is 1.03 bits per heavy atom. The number of nitrogens with zero attached hydrogens (tertiary/aromatic N) is 2. The third-order valence-electron chi connectivity index (χ3n) is 3.81. The Morgan fingerprint density at radius 2 is 1.77 bits per heavy atom. The van der Waals surface area contributed by atoms with E-state index in [0.29, 0.717) is 23.9 Å². The first-order chi connectivity index (χ1) is 14.8. The van der Waals surface area contributed by atoms with Gasteiger partial charge in [0, 0.05) is 30.2 Å². The average molecular weight is 433 g/mol. The molecule has 4 N–H and O–H groups in total. The summed E-state index contributed by atoms with van der Waals surface area (Å²) in [7, 11) is 0. The summed E-state index contributed by atoms with van der Waals surface area (Å²) in [4.78, 5) is 20.2. The number of alkyl halides is 3. The Balaban J connectivity index is 1.57. The zero-order valence-electron chi connectivity index (χ0n) is 16.0. The highest BCUT2D eigenvalue weighted by atomic mass is 19.4. The molecular weight excluding hydrogens is 415 g/mol. The molecule has 0 aliphatic rings. The van der Waals surface area contributed by atoms with Crippen LogP contribution in [0.15, 0.2) is 60.8 Å². The Bertz CT molecular complexity index is 1030. The number of halogens is 3. The highest BCUT2D eigenvalue weighted by molar-refractivity contribution is 5.99. The fraction of sp³-hybridized carbons (Fsp3) is 0.150. The van der Waals surface area contributed by atoms with Gasteiger partial charge in [0.05, 0.1) is 12.2 Å². The summed E-state index contributed by atoms with van der Waals surface area (Å²) in [6, 6.07) is 11.5. The minimum Gasteiger partial charge on any atom is -0.439 e. The number of anilines is 3. The standard InChI is InChI=1S/C20H18F3N5O3/c21-20(22,23)13-2-1-3-15(12-13)27-19(30)26-14-4-6-16(7-5-14)31-17-8-9-24-18(28-17)25-10-11-29/h1-9,12,29H,10-11H2,(H,24,25,28)(H2,26,27,30). The SMILES string of the molecule is O=C(Nc1ccc(Oc2ccnc(NCCO)n2)cc1)Nc1cccc(C(F)(F)F)c1. The van der Waals surface area contributed by atoms with Gasteiger partial charge in [0.2, 0.25) is 11.8 Å². The maximum atomic E-state index is 12.8. The van der Waals surface area contributed by atoms with Crippen molar-refractivity contribution in [2.75, 3.05) is 29.1 Å². The number of nitrogens with one attached hydrogen (secondary N) is 3. The largest absolute Gasteiger partial charge is 0.439 e. The molecule has 3 rings (SSSR count). The summed E-state index contributed by atoms with van der Waals surface area (Å²) in [6.07, 6.45) is -3.00. The summed E-state index contributed by atoms with van der Waals surface area (Å²) < 4.78 is 43.9. The monoisotopic (exact) mass is 433 g/mol. The van der Waals surface area contributed by atoms with Gasteiger partial charge in [-0.15, -0.1) is 0 Å². The Labute approximate surface area is 175 Å². The highest BCUT2D eigenvalue weighted by Gasteiger charge is 2.30. The zero-order chi connectivity index (χ0) is 22.3. The van der Waals surface area contributed by atoms with Crippen LogP contribution in [0.25, 0.3) is 0 Å². The van der Waals surface area contributed by atoms with Crippen molar-refractivity contribution in [1.29, 1.82) is 0 Å². The Kier molecular flexibility index (Phi) is 6.88. The van der Waals surface area contributed by atoms with E-state index in [-0.39, 0.29) is 18.2 Å². The van der Waals surface area contributed by atoms with Gasteiger partial charge < -0.3 is 25.8 Å². The molecule has 1 heterocycles. The lowest BCUT2D eigenvalue weighted by Gasteiger charge is -2.11. The predicted octanol–water partition coefficient (Wildman–Crippen LogP) is 4.34. The lowest BCUT2D eigenvalue weighted by atomic mass is 10.2. The number of aliphatic hydroxyl groups is 1. The van der Waals surface area contributed by atoms with Crippen molar-refractivity contribution in [2.45, 2.75) is 6.18 Å². The first-order valence-corrected chi connectivity index (χ1v) is 9.04. The van der Waals surface area contributed by atoms with Gasteiger partial charge in [-0.05, 0) is 42.5 Å². The summed E-state index contributed by atoms with van der Waals surface area (Å²) >= 11 is 0. The summed E-state index contributed by atoms with van der Waals surface area (Å²) in [5.74, 6) is 1.02. The third-order valence-corrected chi connectivity index (χ3v) is 3.81. The van der Waals surface area contributed by atoms with Crippen LogP contribution in [-0.2, 0) is 6.18 Å². The molecule has 2 amide bonds. The van der Waals surface area contributed by atoms with Gasteiger partial charge in [-0.2, -0.15) is 18.2 Å². The maximum absolute atomic E-state index is 12.8. The number of rotatable bonds is 7. The molecule has 0 spiro atoms. The molecule has 0 saturated carbocycles. The molecule has 1 aromatic heterocycles. The topological polar surface area (TPSA) is 108 Å². The van der Waals surface area contributed by atoms with Crippen molar-refractivity contribution in [3.05, 3.63) is 66.4 Å². The second-order valence-corrected chi connectivity index (χ2v) is 6.15. The van der Waals surface area contributed by atoms with E-state index in [9.17, 15) is 18.0 Å². The molecule has 0 aliphatic carbocycles. The lowest BCUT2D eigenvalue weighted by Crippen LogP contribution is -2.19. The fourth-order valence-electron chi connectivity index (χ4n) is 2.45. The fourth-order valence-corrected chi connectivity index (χ4v) is 2.45. The molecule has 0 unspecified atom stereocenters. The molecular formula is C20H18F3N5O3. The molecule has 162 valence electrons. The van der Waals surface area contributed by atoms with E-state index in [0.717, 1.165) is 12.1 Å². The molecule has 0 aliphatic heterocycles. The maximum Gasteiger partial charge on any atom is 0.416 e. The number of carbonyl (C=O) groups is 1. The lowest BCUT2D eigenvalue weighted by molar-refractivity contribution is -0.137. The number of benzene rings is 2. The van der Waals surface area contributed by atoms with E-state index < -0.39 is 17.8 Å². The molecule has 2 aromatic carbocycles. The molecule has 0 atom stereocenters. The first kappa shape index (κ1) is 21.8. The second-order valence-electron chi connectivity index (χ2n) is 6.15.